The van der Waals surface area contributed by atoms with Crippen molar-refractivity contribution in [3.63, 3.8) is 0 Å². The minimum absolute atomic E-state index is 0.156. The number of amides is 1. The summed E-state index contributed by atoms with van der Waals surface area (Å²) >= 11 is 0. The third kappa shape index (κ3) is 3.04. The third-order valence-corrected chi connectivity index (χ3v) is 2.93. The SMILES string of the molecule is CCOc1cccc(C(=O)N2CCOCC2C#N)c1. The van der Waals surface area contributed by atoms with Crippen LogP contribution < -0.4 is 4.74 Å². The molecule has 19 heavy (non-hydrogen) atoms. The normalized spacial score (nSPS) is 18.7. The van der Waals surface area contributed by atoms with E-state index in [1.807, 2.05) is 6.92 Å². The zero-order valence-electron chi connectivity index (χ0n) is 10.8. The molecule has 0 radical (unpaired) electrons. The second-order valence-electron chi connectivity index (χ2n) is 4.18. The van der Waals surface area contributed by atoms with Crippen molar-refractivity contribution >= 4 is 5.91 Å². The molecule has 1 fully saturated rings. The van der Waals surface area contributed by atoms with E-state index in [1.165, 1.54) is 0 Å². The molecule has 0 bridgehead atoms. The highest BCUT2D eigenvalue weighted by molar-refractivity contribution is 5.95. The van der Waals surface area contributed by atoms with Crippen molar-refractivity contribution in [1.82, 2.24) is 4.90 Å². The first-order valence-electron chi connectivity index (χ1n) is 6.27. The van der Waals surface area contributed by atoms with Crippen LogP contribution in [-0.4, -0.2) is 43.2 Å². The summed E-state index contributed by atoms with van der Waals surface area (Å²) in [6.07, 6.45) is 0. The lowest BCUT2D eigenvalue weighted by molar-refractivity contribution is 0.0132. The summed E-state index contributed by atoms with van der Waals surface area (Å²) in [6, 6.07) is 8.60. The van der Waals surface area contributed by atoms with Crippen molar-refractivity contribution in [2.45, 2.75) is 13.0 Å². The van der Waals surface area contributed by atoms with Gasteiger partial charge in [0.25, 0.3) is 5.91 Å². The molecule has 0 spiro atoms. The van der Waals surface area contributed by atoms with Gasteiger partial charge < -0.3 is 14.4 Å². The van der Waals surface area contributed by atoms with Crippen LogP contribution >= 0.6 is 0 Å². The maximum atomic E-state index is 12.4. The van der Waals surface area contributed by atoms with Gasteiger partial charge in [0.2, 0.25) is 0 Å². The Morgan fingerprint density at radius 3 is 3.21 bits per heavy atom. The van der Waals surface area contributed by atoms with Crippen molar-refractivity contribution in [3.8, 4) is 11.8 Å². The summed E-state index contributed by atoms with van der Waals surface area (Å²) in [4.78, 5) is 13.9. The first-order chi connectivity index (χ1) is 9.26. The number of carbonyl (C=O) groups excluding carboxylic acids is 1. The van der Waals surface area contributed by atoms with Gasteiger partial charge in [0.05, 0.1) is 25.9 Å². The van der Waals surface area contributed by atoms with Crippen LogP contribution in [-0.2, 0) is 4.74 Å². The van der Waals surface area contributed by atoms with E-state index in [9.17, 15) is 4.79 Å². The van der Waals surface area contributed by atoms with Crippen LogP contribution in [0.3, 0.4) is 0 Å². The second-order valence-corrected chi connectivity index (χ2v) is 4.18. The van der Waals surface area contributed by atoms with Crippen molar-refractivity contribution in [3.05, 3.63) is 29.8 Å². The fourth-order valence-corrected chi connectivity index (χ4v) is 2.01. The topological polar surface area (TPSA) is 62.6 Å². The summed E-state index contributed by atoms with van der Waals surface area (Å²) in [5, 5.41) is 9.05. The number of nitriles is 1. The van der Waals surface area contributed by atoms with E-state index in [0.717, 1.165) is 0 Å². The molecule has 1 amide bonds. The number of rotatable bonds is 3. The lowest BCUT2D eigenvalue weighted by Gasteiger charge is -2.31. The Labute approximate surface area is 112 Å². The number of morpholine rings is 1. The van der Waals surface area contributed by atoms with Gasteiger partial charge in [-0.1, -0.05) is 6.07 Å². The lowest BCUT2D eigenvalue weighted by atomic mass is 10.1. The van der Waals surface area contributed by atoms with Gasteiger partial charge in [-0.2, -0.15) is 5.26 Å². The van der Waals surface area contributed by atoms with E-state index in [1.54, 1.807) is 29.2 Å². The van der Waals surface area contributed by atoms with Gasteiger partial charge in [0, 0.05) is 12.1 Å². The number of ether oxygens (including phenoxy) is 2. The molecular weight excluding hydrogens is 244 g/mol. The summed E-state index contributed by atoms with van der Waals surface area (Å²) in [6.45, 7) is 3.62. The first-order valence-corrected chi connectivity index (χ1v) is 6.27. The van der Waals surface area contributed by atoms with E-state index in [0.29, 0.717) is 31.1 Å². The molecule has 1 aromatic carbocycles. The van der Waals surface area contributed by atoms with Crippen molar-refractivity contribution in [2.24, 2.45) is 0 Å². The average molecular weight is 260 g/mol. The molecule has 1 aliphatic rings. The predicted molar refractivity (Wildman–Crippen MR) is 68.9 cm³/mol. The highest BCUT2D eigenvalue weighted by Gasteiger charge is 2.27. The predicted octanol–water partition coefficient (Wildman–Crippen LogP) is 1.45. The first kappa shape index (κ1) is 13.4. The van der Waals surface area contributed by atoms with Gasteiger partial charge in [-0.05, 0) is 25.1 Å². The van der Waals surface area contributed by atoms with Gasteiger partial charge >= 0.3 is 0 Å². The Hall–Kier alpha value is -2.06. The Kier molecular flexibility index (Phi) is 4.37. The van der Waals surface area contributed by atoms with Crippen LogP contribution in [0.15, 0.2) is 24.3 Å². The lowest BCUT2D eigenvalue weighted by Crippen LogP contribution is -2.47. The number of carbonyl (C=O) groups is 1. The molecule has 1 atom stereocenters. The molecule has 0 aliphatic carbocycles. The molecule has 5 nitrogen and oxygen atoms in total. The maximum Gasteiger partial charge on any atom is 0.255 e. The number of hydrogen-bond donors (Lipinski definition) is 0. The van der Waals surface area contributed by atoms with E-state index >= 15 is 0 Å². The van der Waals surface area contributed by atoms with Crippen molar-refractivity contribution < 1.29 is 14.3 Å². The third-order valence-electron chi connectivity index (χ3n) is 2.93. The standard InChI is InChI=1S/C14H16N2O3/c1-2-19-13-5-3-4-11(8-13)14(17)16-6-7-18-10-12(16)9-15/h3-5,8,12H,2,6-7,10H2,1H3. The molecule has 0 N–H and O–H groups in total. The largest absolute Gasteiger partial charge is 0.494 e. The molecular formula is C14H16N2O3. The quantitative estimate of drug-likeness (QED) is 0.825. The average Bonchev–Trinajstić information content (AvgIpc) is 2.47. The maximum absolute atomic E-state index is 12.4. The van der Waals surface area contributed by atoms with Gasteiger partial charge in [-0.25, -0.2) is 0 Å². The number of benzene rings is 1. The summed E-state index contributed by atoms with van der Waals surface area (Å²) in [7, 11) is 0. The summed E-state index contributed by atoms with van der Waals surface area (Å²) in [5.74, 6) is 0.506. The Morgan fingerprint density at radius 1 is 1.63 bits per heavy atom. The molecule has 2 rings (SSSR count). The molecule has 100 valence electrons. The van der Waals surface area contributed by atoms with Crippen LogP contribution in [0.25, 0.3) is 0 Å². The van der Waals surface area contributed by atoms with Gasteiger partial charge in [-0.15, -0.1) is 0 Å². The Morgan fingerprint density at radius 2 is 2.47 bits per heavy atom. The summed E-state index contributed by atoms with van der Waals surface area (Å²) < 4.78 is 10.6. The minimum Gasteiger partial charge on any atom is -0.494 e. The smallest absolute Gasteiger partial charge is 0.255 e. The van der Waals surface area contributed by atoms with Crippen LogP contribution in [0.2, 0.25) is 0 Å². The highest BCUT2D eigenvalue weighted by Crippen LogP contribution is 2.17. The molecule has 0 saturated carbocycles. The van der Waals surface area contributed by atoms with Crippen LogP contribution in [0.4, 0.5) is 0 Å². The second kappa shape index (κ2) is 6.21. The Bertz CT molecular complexity index is 496. The number of nitrogens with zero attached hydrogens (tertiary/aromatic N) is 2. The van der Waals surface area contributed by atoms with Gasteiger partial charge in [-0.3, -0.25) is 4.79 Å². The molecule has 0 aromatic heterocycles. The van der Waals surface area contributed by atoms with Crippen molar-refractivity contribution in [1.29, 1.82) is 5.26 Å². The Balaban J connectivity index is 2.18. The van der Waals surface area contributed by atoms with Crippen LogP contribution in [0, 0.1) is 11.3 Å². The monoisotopic (exact) mass is 260 g/mol. The molecule has 1 unspecified atom stereocenters. The van der Waals surface area contributed by atoms with Crippen LogP contribution in [0.5, 0.6) is 5.75 Å². The van der Waals surface area contributed by atoms with E-state index in [-0.39, 0.29) is 12.5 Å². The molecule has 1 saturated heterocycles. The molecule has 1 aliphatic heterocycles. The van der Waals surface area contributed by atoms with E-state index < -0.39 is 6.04 Å². The number of hydrogen-bond acceptors (Lipinski definition) is 4. The zero-order valence-corrected chi connectivity index (χ0v) is 10.8. The van der Waals surface area contributed by atoms with E-state index in [2.05, 4.69) is 6.07 Å². The van der Waals surface area contributed by atoms with E-state index in [4.69, 9.17) is 14.7 Å². The fraction of sp³-hybridized carbons (Fsp3) is 0.429. The molecule has 1 aromatic rings. The molecule has 1 heterocycles. The molecule has 5 heteroatoms. The van der Waals surface area contributed by atoms with Crippen molar-refractivity contribution in [2.75, 3.05) is 26.4 Å². The summed E-state index contributed by atoms with van der Waals surface area (Å²) in [5.41, 5.74) is 0.535. The minimum atomic E-state index is -0.517. The van der Waals surface area contributed by atoms with Gasteiger partial charge in [0.1, 0.15) is 11.8 Å². The van der Waals surface area contributed by atoms with Gasteiger partial charge in [0.15, 0.2) is 0 Å². The van der Waals surface area contributed by atoms with Crippen LogP contribution in [0.1, 0.15) is 17.3 Å². The zero-order chi connectivity index (χ0) is 13.7. The fourth-order valence-electron chi connectivity index (χ4n) is 2.01. The highest BCUT2D eigenvalue weighted by atomic mass is 16.5.